The molecule has 2 rings (SSSR count). The highest BCUT2D eigenvalue weighted by Crippen LogP contribution is 2.25. The summed E-state index contributed by atoms with van der Waals surface area (Å²) in [5.74, 6) is -0.132. The van der Waals surface area contributed by atoms with Crippen LogP contribution in [-0.2, 0) is 16.0 Å². The van der Waals surface area contributed by atoms with E-state index in [9.17, 15) is 14.4 Å². The van der Waals surface area contributed by atoms with E-state index in [-0.39, 0.29) is 23.9 Å². The second kappa shape index (κ2) is 10.8. The van der Waals surface area contributed by atoms with Gasteiger partial charge in [0.25, 0.3) is 0 Å². The number of ketones is 1. The Balaban J connectivity index is 1.88. The molecule has 154 valence electrons. The number of carbonyl (C=O) groups excluding carboxylic acids is 3. The second-order valence-corrected chi connectivity index (χ2v) is 6.35. The molecule has 0 aliphatic carbocycles. The number of carbonyl (C=O) groups is 3. The standard InChI is InChI=1S/C22H25NO6/c1-15(24)23-12-4-5-16-6-8-17(9-7-16)20(25)14-29-22(26)19-11-10-18(27-2)13-21(19)28-3/h6-11,13H,4-5,12,14H2,1-3H3,(H,23,24). The summed E-state index contributed by atoms with van der Waals surface area (Å²) in [6.07, 6.45) is 1.61. The molecule has 0 aromatic heterocycles. The van der Waals surface area contributed by atoms with Gasteiger partial charge in [-0.25, -0.2) is 4.79 Å². The first-order valence-corrected chi connectivity index (χ1v) is 9.20. The molecule has 0 aliphatic rings. The lowest BCUT2D eigenvalue weighted by atomic mass is 10.1. The quantitative estimate of drug-likeness (QED) is 0.375. The summed E-state index contributed by atoms with van der Waals surface area (Å²) < 4.78 is 15.4. The predicted molar refractivity (Wildman–Crippen MR) is 108 cm³/mol. The van der Waals surface area contributed by atoms with Gasteiger partial charge in [0.15, 0.2) is 12.4 Å². The molecule has 2 aromatic carbocycles. The van der Waals surface area contributed by atoms with E-state index in [2.05, 4.69) is 5.32 Å². The molecule has 0 aliphatic heterocycles. The van der Waals surface area contributed by atoms with Crippen LogP contribution in [0.1, 0.15) is 39.6 Å². The van der Waals surface area contributed by atoms with Crippen molar-refractivity contribution in [2.24, 2.45) is 0 Å². The van der Waals surface area contributed by atoms with Crippen molar-refractivity contribution >= 4 is 17.7 Å². The van der Waals surface area contributed by atoms with Gasteiger partial charge in [-0.15, -0.1) is 0 Å². The predicted octanol–water partition coefficient (Wildman–Crippen LogP) is 2.81. The van der Waals surface area contributed by atoms with E-state index < -0.39 is 5.97 Å². The Morgan fingerprint density at radius 2 is 1.69 bits per heavy atom. The molecule has 0 fully saturated rings. The Morgan fingerprint density at radius 1 is 0.966 bits per heavy atom. The number of nitrogens with one attached hydrogen (secondary N) is 1. The summed E-state index contributed by atoms with van der Waals surface area (Å²) in [6.45, 7) is 1.73. The average molecular weight is 399 g/mol. The molecule has 2 aromatic rings. The van der Waals surface area contributed by atoms with Crippen molar-refractivity contribution in [1.29, 1.82) is 0 Å². The zero-order valence-electron chi connectivity index (χ0n) is 16.8. The van der Waals surface area contributed by atoms with Crippen LogP contribution in [0.5, 0.6) is 11.5 Å². The van der Waals surface area contributed by atoms with Crippen molar-refractivity contribution in [3.8, 4) is 11.5 Å². The van der Waals surface area contributed by atoms with Crippen LogP contribution in [0.2, 0.25) is 0 Å². The minimum absolute atomic E-state index is 0.0484. The highest BCUT2D eigenvalue weighted by atomic mass is 16.5. The molecule has 0 heterocycles. The van der Waals surface area contributed by atoms with E-state index in [0.717, 1.165) is 18.4 Å². The molecule has 7 heteroatoms. The number of benzene rings is 2. The van der Waals surface area contributed by atoms with Crippen LogP contribution in [0.15, 0.2) is 42.5 Å². The minimum Gasteiger partial charge on any atom is -0.497 e. The maximum absolute atomic E-state index is 12.3. The van der Waals surface area contributed by atoms with E-state index in [1.807, 2.05) is 12.1 Å². The first-order valence-electron chi connectivity index (χ1n) is 9.20. The first-order chi connectivity index (χ1) is 13.9. The lowest BCUT2D eigenvalue weighted by Crippen LogP contribution is -2.21. The van der Waals surface area contributed by atoms with E-state index >= 15 is 0 Å². The lowest BCUT2D eigenvalue weighted by molar-refractivity contribution is -0.118. The number of ether oxygens (including phenoxy) is 3. The van der Waals surface area contributed by atoms with Crippen molar-refractivity contribution in [3.05, 3.63) is 59.2 Å². The number of esters is 1. The summed E-state index contributed by atoms with van der Waals surface area (Å²) in [5.41, 5.74) is 1.74. The van der Waals surface area contributed by atoms with Crippen molar-refractivity contribution in [2.45, 2.75) is 19.8 Å². The maximum atomic E-state index is 12.3. The van der Waals surface area contributed by atoms with Crippen molar-refractivity contribution < 1.29 is 28.6 Å². The van der Waals surface area contributed by atoms with Gasteiger partial charge in [-0.2, -0.15) is 0 Å². The Labute approximate surface area is 170 Å². The molecule has 0 atom stereocenters. The van der Waals surface area contributed by atoms with E-state index in [1.165, 1.54) is 27.2 Å². The fourth-order valence-electron chi connectivity index (χ4n) is 2.67. The molecule has 29 heavy (non-hydrogen) atoms. The minimum atomic E-state index is -0.646. The van der Waals surface area contributed by atoms with Crippen LogP contribution in [0, 0.1) is 0 Å². The van der Waals surface area contributed by atoms with Gasteiger partial charge in [-0.1, -0.05) is 24.3 Å². The Morgan fingerprint density at radius 3 is 2.31 bits per heavy atom. The second-order valence-electron chi connectivity index (χ2n) is 6.35. The van der Waals surface area contributed by atoms with Gasteiger partial charge < -0.3 is 19.5 Å². The zero-order chi connectivity index (χ0) is 21.2. The SMILES string of the molecule is COc1ccc(C(=O)OCC(=O)c2ccc(CCCNC(C)=O)cc2)c(OC)c1. The van der Waals surface area contributed by atoms with Crippen LogP contribution >= 0.6 is 0 Å². The third-order valence-corrected chi connectivity index (χ3v) is 4.26. The summed E-state index contributed by atoms with van der Waals surface area (Å²) >= 11 is 0. The summed E-state index contributed by atoms with van der Waals surface area (Å²) in [6, 6.07) is 11.8. The molecule has 0 radical (unpaired) electrons. The molecule has 0 saturated carbocycles. The van der Waals surface area contributed by atoms with Gasteiger partial charge in [-0.3, -0.25) is 9.59 Å². The van der Waals surface area contributed by atoms with Crippen LogP contribution in [-0.4, -0.2) is 45.0 Å². The number of aryl methyl sites for hydroxylation is 1. The molecule has 7 nitrogen and oxygen atoms in total. The molecule has 0 saturated heterocycles. The summed E-state index contributed by atoms with van der Waals surface area (Å²) in [4.78, 5) is 35.4. The third-order valence-electron chi connectivity index (χ3n) is 4.26. The van der Waals surface area contributed by atoms with Gasteiger partial charge >= 0.3 is 5.97 Å². The molecule has 0 bridgehead atoms. The van der Waals surface area contributed by atoms with Gasteiger partial charge in [0.05, 0.1) is 14.2 Å². The highest BCUT2D eigenvalue weighted by Gasteiger charge is 2.17. The van der Waals surface area contributed by atoms with E-state index in [0.29, 0.717) is 23.6 Å². The average Bonchev–Trinajstić information content (AvgIpc) is 2.74. The Bertz CT molecular complexity index is 860. The van der Waals surface area contributed by atoms with Gasteiger partial charge in [0, 0.05) is 25.1 Å². The first kappa shape index (κ1) is 21.9. The topological polar surface area (TPSA) is 90.9 Å². The van der Waals surface area contributed by atoms with Gasteiger partial charge in [-0.05, 0) is 30.5 Å². The molecular weight excluding hydrogens is 374 g/mol. The van der Waals surface area contributed by atoms with Crippen molar-refractivity contribution in [1.82, 2.24) is 5.32 Å². The lowest BCUT2D eigenvalue weighted by Gasteiger charge is -2.10. The summed E-state index contributed by atoms with van der Waals surface area (Å²) in [5, 5.41) is 2.74. The fraction of sp³-hybridized carbons (Fsp3) is 0.318. The van der Waals surface area contributed by atoms with Crippen molar-refractivity contribution in [2.75, 3.05) is 27.4 Å². The van der Waals surface area contributed by atoms with Crippen LogP contribution in [0.3, 0.4) is 0 Å². The van der Waals surface area contributed by atoms with Gasteiger partial charge in [0.2, 0.25) is 5.91 Å². The third kappa shape index (κ3) is 6.64. The van der Waals surface area contributed by atoms with E-state index in [4.69, 9.17) is 14.2 Å². The molecule has 1 N–H and O–H groups in total. The number of amides is 1. The number of Topliss-reactive ketones (excluding diaryl/α,β-unsaturated/α-hetero) is 1. The number of rotatable bonds is 10. The Hall–Kier alpha value is -3.35. The number of hydrogen-bond donors (Lipinski definition) is 1. The smallest absolute Gasteiger partial charge is 0.342 e. The summed E-state index contributed by atoms with van der Waals surface area (Å²) in [7, 11) is 2.95. The monoisotopic (exact) mass is 399 g/mol. The molecule has 1 amide bonds. The van der Waals surface area contributed by atoms with Gasteiger partial charge in [0.1, 0.15) is 17.1 Å². The normalized spacial score (nSPS) is 10.2. The molecule has 0 spiro atoms. The van der Waals surface area contributed by atoms with Crippen LogP contribution in [0.25, 0.3) is 0 Å². The maximum Gasteiger partial charge on any atom is 0.342 e. The largest absolute Gasteiger partial charge is 0.497 e. The van der Waals surface area contributed by atoms with Crippen molar-refractivity contribution in [3.63, 3.8) is 0 Å². The van der Waals surface area contributed by atoms with Crippen LogP contribution < -0.4 is 14.8 Å². The zero-order valence-corrected chi connectivity index (χ0v) is 16.8. The molecule has 0 unspecified atom stereocenters. The highest BCUT2D eigenvalue weighted by molar-refractivity contribution is 6.00. The number of hydrogen-bond acceptors (Lipinski definition) is 6. The number of methoxy groups -OCH3 is 2. The fourth-order valence-corrected chi connectivity index (χ4v) is 2.67. The Kier molecular flexibility index (Phi) is 8.21. The van der Waals surface area contributed by atoms with E-state index in [1.54, 1.807) is 24.3 Å². The molecular formula is C22H25NO6. The van der Waals surface area contributed by atoms with Crippen LogP contribution in [0.4, 0.5) is 0 Å².